The number of pyridine rings is 1. The summed E-state index contributed by atoms with van der Waals surface area (Å²) in [6, 6.07) is 8.78. The van der Waals surface area contributed by atoms with Gasteiger partial charge in [-0.15, -0.1) is 0 Å². The first kappa shape index (κ1) is 18.8. The third kappa shape index (κ3) is 5.52. The zero-order valence-electron chi connectivity index (χ0n) is 15.5. The number of hydrogen-bond donors (Lipinski definition) is 3. The largest absolute Gasteiger partial charge is 0.455 e. The molecule has 1 saturated carbocycles. The standard InChI is InChI=1S/C20H24N4O3/c1-13-3-6-16(24-19(25)12-22-11-14-4-5-14)18(9-13)27-15-7-8-23-17(10-15)20(26)21-2/h3,6-10,14,22H,4-5,11-12H2,1-2H3,(H,21,26)(H,24,25). The highest BCUT2D eigenvalue weighted by molar-refractivity contribution is 5.94. The number of aromatic nitrogens is 1. The van der Waals surface area contributed by atoms with E-state index in [4.69, 9.17) is 4.74 Å². The van der Waals surface area contributed by atoms with Crippen LogP contribution in [-0.4, -0.2) is 36.9 Å². The molecule has 0 unspecified atom stereocenters. The average Bonchev–Trinajstić information content (AvgIpc) is 3.48. The van der Waals surface area contributed by atoms with Crippen molar-refractivity contribution in [1.82, 2.24) is 15.6 Å². The minimum Gasteiger partial charge on any atom is -0.455 e. The molecule has 7 heteroatoms. The first-order valence-corrected chi connectivity index (χ1v) is 9.02. The van der Waals surface area contributed by atoms with Crippen molar-refractivity contribution in [1.29, 1.82) is 0 Å². The van der Waals surface area contributed by atoms with Crippen LogP contribution in [0.5, 0.6) is 11.5 Å². The van der Waals surface area contributed by atoms with Gasteiger partial charge in [0.25, 0.3) is 5.91 Å². The maximum Gasteiger partial charge on any atom is 0.269 e. The predicted octanol–water partition coefficient (Wildman–Crippen LogP) is 2.48. The third-order valence-electron chi connectivity index (χ3n) is 4.25. The Kier molecular flexibility index (Phi) is 6.03. The lowest BCUT2D eigenvalue weighted by Gasteiger charge is -2.14. The van der Waals surface area contributed by atoms with Gasteiger partial charge in [0.05, 0.1) is 12.2 Å². The van der Waals surface area contributed by atoms with E-state index >= 15 is 0 Å². The Hall–Kier alpha value is -2.93. The second-order valence-corrected chi connectivity index (χ2v) is 6.68. The van der Waals surface area contributed by atoms with Crippen LogP contribution in [0.15, 0.2) is 36.5 Å². The molecule has 1 heterocycles. The summed E-state index contributed by atoms with van der Waals surface area (Å²) in [6.45, 7) is 3.09. The molecule has 0 aliphatic heterocycles. The fourth-order valence-corrected chi connectivity index (χ4v) is 2.58. The van der Waals surface area contributed by atoms with Gasteiger partial charge in [-0.2, -0.15) is 0 Å². The number of anilines is 1. The van der Waals surface area contributed by atoms with Crippen LogP contribution >= 0.6 is 0 Å². The second-order valence-electron chi connectivity index (χ2n) is 6.68. The van der Waals surface area contributed by atoms with E-state index in [1.807, 2.05) is 25.1 Å². The summed E-state index contributed by atoms with van der Waals surface area (Å²) in [5.41, 5.74) is 1.84. The monoisotopic (exact) mass is 368 g/mol. The Morgan fingerprint density at radius 3 is 2.78 bits per heavy atom. The van der Waals surface area contributed by atoms with Gasteiger partial charge in [0.2, 0.25) is 5.91 Å². The van der Waals surface area contributed by atoms with Crippen molar-refractivity contribution in [3.05, 3.63) is 47.8 Å². The maximum absolute atomic E-state index is 12.2. The number of aryl methyl sites for hydroxylation is 1. The van der Waals surface area contributed by atoms with Crippen LogP contribution in [0.1, 0.15) is 28.9 Å². The van der Waals surface area contributed by atoms with Crippen molar-refractivity contribution in [3.8, 4) is 11.5 Å². The summed E-state index contributed by atoms with van der Waals surface area (Å²) in [5, 5.41) is 8.58. The molecule has 2 aromatic rings. The van der Waals surface area contributed by atoms with Crippen molar-refractivity contribution >= 4 is 17.5 Å². The van der Waals surface area contributed by atoms with Gasteiger partial charge in [-0.05, 0) is 56.0 Å². The lowest BCUT2D eigenvalue weighted by molar-refractivity contribution is -0.115. The van der Waals surface area contributed by atoms with Gasteiger partial charge in [0.15, 0.2) is 5.75 Å². The molecule has 2 amide bonds. The molecule has 3 rings (SSSR count). The van der Waals surface area contributed by atoms with E-state index in [-0.39, 0.29) is 24.1 Å². The van der Waals surface area contributed by atoms with Crippen LogP contribution in [0.3, 0.4) is 0 Å². The molecular weight excluding hydrogens is 344 g/mol. The summed E-state index contributed by atoms with van der Waals surface area (Å²) < 4.78 is 5.92. The van der Waals surface area contributed by atoms with E-state index in [1.54, 1.807) is 19.2 Å². The molecular formula is C20H24N4O3. The summed E-state index contributed by atoms with van der Waals surface area (Å²) in [4.78, 5) is 28.0. The molecule has 142 valence electrons. The summed E-state index contributed by atoms with van der Waals surface area (Å²) in [7, 11) is 1.54. The highest BCUT2D eigenvalue weighted by Gasteiger charge is 2.20. The van der Waals surface area contributed by atoms with Crippen molar-refractivity contribution in [2.75, 3.05) is 25.5 Å². The Bertz CT molecular complexity index is 834. The molecule has 27 heavy (non-hydrogen) atoms. The fourth-order valence-electron chi connectivity index (χ4n) is 2.58. The van der Waals surface area contributed by atoms with E-state index in [0.29, 0.717) is 17.2 Å². The van der Waals surface area contributed by atoms with Gasteiger partial charge in [0, 0.05) is 19.3 Å². The lowest BCUT2D eigenvalue weighted by atomic mass is 10.2. The molecule has 1 aromatic carbocycles. The minimum atomic E-state index is -0.292. The Balaban J connectivity index is 1.69. The summed E-state index contributed by atoms with van der Waals surface area (Å²) in [5.74, 6) is 1.29. The van der Waals surface area contributed by atoms with Crippen molar-refractivity contribution in [3.63, 3.8) is 0 Å². The first-order valence-electron chi connectivity index (χ1n) is 9.02. The molecule has 1 aliphatic carbocycles. The molecule has 0 saturated heterocycles. The predicted molar refractivity (Wildman–Crippen MR) is 103 cm³/mol. The van der Waals surface area contributed by atoms with E-state index in [1.165, 1.54) is 19.0 Å². The molecule has 0 spiro atoms. The maximum atomic E-state index is 12.2. The van der Waals surface area contributed by atoms with Crippen LogP contribution in [0.25, 0.3) is 0 Å². The Labute approximate surface area is 158 Å². The second kappa shape index (κ2) is 8.64. The SMILES string of the molecule is CNC(=O)c1cc(Oc2cc(C)ccc2NC(=O)CNCC2CC2)ccn1. The Morgan fingerprint density at radius 1 is 1.22 bits per heavy atom. The van der Waals surface area contributed by atoms with Crippen LogP contribution in [0, 0.1) is 12.8 Å². The number of hydrogen-bond acceptors (Lipinski definition) is 5. The average molecular weight is 368 g/mol. The number of nitrogens with zero attached hydrogens (tertiary/aromatic N) is 1. The van der Waals surface area contributed by atoms with Crippen molar-refractivity contribution in [2.45, 2.75) is 19.8 Å². The van der Waals surface area contributed by atoms with Gasteiger partial charge in [-0.3, -0.25) is 14.6 Å². The number of carbonyl (C=O) groups is 2. The van der Waals surface area contributed by atoms with Crippen molar-refractivity contribution < 1.29 is 14.3 Å². The number of benzene rings is 1. The number of nitrogens with one attached hydrogen (secondary N) is 3. The first-order chi connectivity index (χ1) is 13.0. The summed E-state index contributed by atoms with van der Waals surface area (Å²) >= 11 is 0. The van der Waals surface area contributed by atoms with Crippen molar-refractivity contribution in [2.24, 2.45) is 5.92 Å². The van der Waals surface area contributed by atoms with Gasteiger partial charge in [-0.1, -0.05) is 6.07 Å². The number of amides is 2. The van der Waals surface area contributed by atoms with Gasteiger partial charge in [-0.25, -0.2) is 0 Å². The smallest absolute Gasteiger partial charge is 0.269 e. The van der Waals surface area contributed by atoms with E-state index in [2.05, 4.69) is 20.9 Å². The quantitative estimate of drug-likeness (QED) is 0.666. The van der Waals surface area contributed by atoms with Crippen LogP contribution in [-0.2, 0) is 4.79 Å². The molecule has 3 N–H and O–H groups in total. The van der Waals surface area contributed by atoms with Crippen LogP contribution < -0.4 is 20.7 Å². The molecule has 0 radical (unpaired) electrons. The van der Waals surface area contributed by atoms with E-state index in [9.17, 15) is 9.59 Å². The van der Waals surface area contributed by atoms with E-state index < -0.39 is 0 Å². The van der Waals surface area contributed by atoms with Gasteiger partial charge < -0.3 is 20.7 Å². The van der Waals surface area contributed by atoms with Gasteiger partial charge in [0.1, 0.15) is 11.4 Å². The van der Waals surface area contributed by atoms with E-state index in [0.717, 1.165) is 18.0 Å². The highest BCUT2D eigenvalue weighted by Crippen LogP contribution is 2.31. The number of carbonyl (C=O) groups excluding carboxylic acids is 2. The molecule has 1 aromatic heterocycles. The minimum absolute atomic E-state index is 0.120. The fraction of sp³-hybridized carbons (Fsp3) is 0.350. The normalized spacial score (nSPS) is 13.1. The van der Waals surface area contributed by atoms with Gasteiger partial charge >= 0.3 is 0 Å². The molecule has 0 atom stereocenters. The number of ether oxygens (including phenoxy) is 1. The summed E-state index contributed by atoms with van der Waals surface area (Å²) in [6.07, 6.45) is 4.00. The molecule has 0 bridgehead atoms. The lowest BCUT2D eigenvalue weighted by Crippen LogP contribution is -2.29. The Morgan fingerprint density at radius 2 is 2.04 bits per heavy atom. The zero-order chi connectivity index (χ0) is 19.2. The molecule has 7 nitrogen and oxygen atoms in total. The third-order valence-corrected chi connectivity index (χ3v) is 4.25. The highest BCUT2D eigenvalue weighted by atomic mass is 16.5. The van der Waals surface area contributed by atoms with Crippen LogP contribution in [0.2, 0.25) is 0 Å². The zero-order valence-corrected chi connectivity index (χ0v) is 15.5. The molecule has 1 aliphatic rings. The number of rotatable bonds is 8. The van der Waals surface area contributed by atoms with Crippen LogP contribution in [0.4, 0.5) is 5.69 Å². The topological polar surface area (TPSA) is 92.4 Å². The molecule has 1 fully saturated rings.